The Morgan fingerprint density at radius 1 is 1.13 bits per heavy atom. The first-order valence-corrected chi connectivity index (χ1v) is 11.5. The molecule has 6 heteroatoms. The van der Waals surface area contributed by atoms with Crippen LogP contribution >= 0.6 is 0 Å². The quantitative estimate of drug-likeness (QED) is 0.579. The van der Waals surface area contributed by atoms with Crippen molar-refractivity contribution in [3.05, 3.63) is 47.9 Å². The van der Waals surface area contributed by atoms with Gasteiger partial charge < -0.3 is 15.1 Å². The van der Waals surface area contributed by atoms with Crippen LogP contribution in [0.2, 0.25) is 0 Å². The van der Waals surface area contributed by atoms with Crippen LogP contribution in [0.15, 0.2) is 36.7 Å². The summed E-state index contributed by atoms with van der Waals surface area (Å²) in [6.07, 6.45) is 6.33. The van der Waals surface area contributed by atoms with Crippen molar-refractivity contribution in [2.45, 2.75) is 45.8 Å². The molecule has 1 aromatic carbocycles. The third-order valence-corrected chi connectivity index (χ3v) is 6.04. The summed E-state index contributed by atoms with van der Waals surface area (Å²) >= 11 is 0. The minimum Gasteiger partial charge on any atom is -0.308 e. The topological polar surface area (TPSA) is 60.1 Å². The third kappa shape index (κ3) is 5.70. The SMILES string of the molecule is CC(C)CN1CCC(NCc2[nH]nc3ccc(-c4cncc(CN(C)C)c4)cc23)CC1. The van der Waals surface area contributed by atoms with E-state index in [4.69, 9.17) is 0 Å². The molecule has 0 saturated carbocycles. The first-order chi connectivity index (χ1) is 15.0. The fourth-order valence-corrected chi connectivity index (χ4v) is 4.56. The summed E-state index contributed by atoms with van der Waals surface area (Å²) in [7, 11) is 4.16. The number of nitrogens with zero attached hydrogens (tertiary/aromatic N) is 4. The van der Waals surface area contributed by atoms with Crippen LogP contribution in [0.5, 0.6) is 0 Å². The van der Waals surface area contributed by atoms with Gasteiger partial charge in [0.1, 0.15) is 0 Å². The van der Waals surface area contributed by atoms with Gasteiger partial charge >= 0.3 is 0 Å². The third-order valence-electron chi connectivity index (χ3n) is 6.04. The van der Waals surface area contributed by atoms with E-state index < -0.39 is 0 Å². The number of pyridine rings is 1. The number of fused-ring (bicyclic) bond motifs is 1. The van der Waals surface area contributed by atoms with E-state index in [1.54, 1.807) is 0 Å². The maximum atomic E-state index is 4.52. The van der Waals surface area contributed by atoms with Gasteiger partial charge in [0.25, 0.3) is 0 Å². The Morgan fingerprint density at radius 3 is 2.68 bits per heavy atom. The van der Waals surface area contributed by atoms with Crippen LogP contribution < -0.4 is 5.32 Å². The summed E-state index contributed by atoms with van der Waals surface area (Å²) in [4.78, 5) is 9.22. The molecule has 0 unspecified atom stereocenters. The van der Waals surface area contributed by atoms with Gasteiger partial charge in [-0.1, -0.05) is 19.9 Å². The predicted molar refractivity (Wildman–Crippen MR) is 128 cm³/mol. The summed E-state index contributed by atoms with van der Waals surface area (Å²) in [6.45, 7) is 9.92. The molecule has 1 fully saturated rings. The zero-order valence-corrected chi connectivity index (χ0v) is 19.4. The van der Waals surface area contributed by atoms with Gasteiger partial charge in [-0.2, -0.15) is 5.10 Å². The van der Waals surface area contributed by atoms with Gasteiger partial charge in [0.05, 0.1) is 11.2 Å². The summed E-state index contributed by atoms with van der Waals surface area (Å²) in [5.74, 6) is 0.744. The highest BCUT2D eigenvalue weighted by Crippen LogP contribution is 2.26. The molecule has 31 heavy (non-hydrogen) atoms. The first kappa shape index (κ1) is 21.9. The molecule has 0 spiro atoms. The van der Waals surface area contributed by atoms with Crippen LogP contribution in [0.1, 0.15) is 37.9 Å². The first-order valence-electron chi connectivity index (χ1n) is 11.5. The fraction of sp³-hybridized carbons (Fsp3) is 0.520. The number of aromatic nitrogens is 3. The Balaban J connectivity index is 1.43. The van der Waals surface area contributed by atoms with E-state index in [-0.39, 0.29) is 0 Å². The average molecular weight is 421 g/mol. The van der Waals surface area contributed by atoms with Crippen LogP contribution in [-0.2, 0) is 13.1 Å². The van der Waals surface area contributed by atoms with E-state index in [2.05, 4.69) is 82.5 Å². The molecule has 0 amide bonds. The van der Waals surface area contributed by atoms with Crippen molar-refractivity contribution in [3.63, 3.8) is 0 Å². The molecule has 6 nitrogen and oxygen atoms in total. The number of hydrogen-bond donors (Lipinski definition) is 2. The number of aromatic amines is 1. The molecule has 1 aliphatic heterocycles. The molecule has 0 aliphatic carbocycles. The van der Waals surface area contributed by atoms with E-state index in [0.717, 1.165) is 30.1 Å². The number of benzene rings is 1. The van der Waals surface area contributed by atoms with Crippen molar-refractivity contribution >= 4 is 10.9 Å². The van der Waals surface area contributed by atoms with E-state index in [0.29, 0.717) is 6.04 Å². The Kier molecular flexibility index (Phi) is 7.00. The molecular formula is C25H36N6. The largest absolute Gasteiger partial charge is 0.308 e. The maximum absolute atomic E-state index is 4.52. The molecule has 2 aromatic heterocycles. The van der Waals surface area contributed by atoms with Gasteiger partial charge in [-0.25, -0.2) is 0 Å². The number of likely N-dealkylation sites (tertiary alicyclic amines) is 1. The molecule has 4 rings (SSSR count). The van der Waals surface area contributed by atoms with Gasteiger partial charge in [-0.3, -0.25) is 10.1 Å². The smallest absolute Gasteiger partial charge is 0.0924 e. The second-order valence-electron chi connectivity index (χ2n) is 9.60. The zero-order chi connectivity index (χ0) is 21.8. The lowest BCUT2D eigenvalue weighted by atomic mass is 10.0. The van der Waals surface area contributed by atoms with Crippen LogP contribution in [-0.4, -0.2) is 64.8 Å². The number of nitrogens with one attached hydrogen (secondary N) is 2. The van der Waals surface area contributed by atoms with Crippen molar-refractivity contribution in [3.8, 4) is 11.1 Å². The molecule has 1 aliphatic rings. The highest BCUT2D eigenvalue weighted by atomic mass is 15.2. The highest BCUT2D eigenvalue weighted by Gasteiger charge is 2.19. The summed E-state index contributed by atoms with van der Waals surface area (Å²) in [5.41, 5.74) is 5.74. The maximum Gasteiger partial charge on any atom is 0.0924 e. The second-order valence-corrected chi connectivity index (χ2v) is 9.60. The number of hydrogen-bond acceptors (Lipinski definition) is 5. The van der Waals surface area contributed by atoms with E-state index in [9.17, 15) is 0 Å². The van der Waals surface area contributed by atoms with Crippen molar-refractivity contribution in [2.24, 2.45) is 5.92 Å². The predicted octanol–water partition coefficient (Wildman–Crippen LogP) is 3.90. The lowest BCUT2D eigenvalue weighted by molar-refractivity contribution is 0.179. The standard InChI is InChI=1S/C25H36N6/c1-18(2)16-31-9-7-22(8-10-31)27-15-25-23-12-20(5-6-24(23)28-29-25)21-11-19(13-26-14-21)17-30(3)4/h5-6,11-14,18,22,27H,7-10,15-17H2,1-4H3,(H,28,29). The van der Waals surface area contributed by atoms with Gasteiger partial charge in [-0.15, -0.1) is 0 Å². The zero-order valence-electron chi connectivity index (χ0n) is 19.4. The van der Waals surface area contributed by atoms with Crippen LogP contribution in [0.4, 0.5) is 0 Å². The lowest BCUT2D eigenvalue weighted by Crippen LogP contribution is -2.43. The molecule has 0 bridgehead atoms. The van der Waals surface area contributed by atoms with Crippen molar-refractivity contribution in [1.82, 2.24) is 30.3 Å². The van der Waals surface area contributed by atoms with Crippen LogP contribution in [0, 0.1) is 5.92 Å². The summed E-state index contributed by atoms with van der Waals surface area (Å²) < 4.78 is 0. The molecule has 3 heterocycles. The number of H-pyrrole nitrogens is 1. The van der Waals surface area contributed by atoms with Gasteiger partial charge in [-0.05, 0) is 75.3 Å². The minimum absolute atomic E-state index is 0.580. The molecule has 1 saturated heterocycles. The second kappa shape index (κ2) is 9.90. The monoisotopic (exact) mass is 420 g/mol. The fourth-order valence-electron chi connectivity index (χ4n) is 4.56. The van der Waals surface area contributed by atoms with E-state index in [1.807, 2.05) is 12.4 Å². The Labute approximate surface area is 186 Å². The number of rotatable bonds is 8. The highest BCUT2D eigenvalue weighted by molar-refractivity contribution is 5.86. The Hall–Kier alpha value is -2.28. The molecule has 0 radical (unpaired) electrons. The lowest BCUT2D eigenvalue weighted by Gasteiger charge is -2.33. The van der Waals surface area contributed by atoms with Crippen molar-refractivity contribution < 1.29 is 0 Å². The van der Waals surface area contributed by atoms with Gasteiger partial charge in [0.2, 0.25) is 0 Å². The summed E-state index contributed by atoms with van der Waals surface area (Å²) in [5, 5.41) is 12.7. The van der Waals surface area contributed by atoms with E-state index >= 15 is 0 Å². The van der Waals surface area contributed by atoms with Gasteiger partial charge in [0, 0.05) is 49.0 Å². The molecule has 3 aromatic rings. The Morgan fingerprint density at radius 2 is 1.94 bits per heavy atom. The van der Waals surface area contributed by atoms with Crippen LogP contribution in [0.3, 0.4) is 0 Å². The number of piperidine rings is 1. The minimum atomic E-state index is 0.580. The van der Waals surface area contributed by atoms with Crippen molar-refractivity contribution in [2.75, 3.05) is 33.7 Å². The molecule has 0 atom stereocenters. The summed E-state index contributed by atoms with van der Waals surface area (Å²) in [6, 6.07) is 9.31. The molecule has 2 N–H and O–H groups in total. The molecule has 166 valence electrons. The van der Waals surface area contributed by atoms with Crippen LogP contribution in [0.25, 0.3) is 22.0 Å². The molecular weight excluding hydrogens is 384 g/mol. The normalized spacial score (nSPS) is 16.1. The Bertz CT molecular complexity index is 985. The van der Waals surface area contributed by atoms with E-state index in [1.165, 1.54) is 54.7 Å². The average Bonchev–Trinajstić information content (AvgIpc) is 3.15. The van der Waals surface area contributed by atoms with Crippen molar-refractivity contribution in [1.29, 1.82) is 0 Å². The van der Waals surface area contributed by atoms with Gasteiger partial charge in [0.15, 0.2) is 0 Å².